The second-order valence-electron chi connectivity index (χ2n) is 9.76. The van der Waals surface area contributed by atoms with Crippen molar-refractivity contribution in [3.05, 3.63) is 118 Å². The van der Waals surface area contributed by atoms with Crippen molar-refractivity contribution in [3.8, 4) is 39.6 Å². The Hall–Kier alpha value is -4.71. The number of hydrogen-bond donors (Lipinski definition) is 0. The van der Waals surface area contributed by atoms with Crippen LogP contribution in [0.5, 0.6) is 0 Å². The number of halogens is 1. The SMILES string of the molecule is COC(=O)c1ccc(-c2cccc(-c3c(-c4ccsc4C#N)c4cc(F)ccc4n3Sc3ccc(C)cc3)c2)c(C)n1. The van der Waals surface area contributed by atoms with Crippen LogP contribution in [0.4, 0.5) is 4.39 Å². The summed E-state index contributed by atoms with van der Waals surface area (Å²) in [5.74, 6) is -0.834. The molecule has 0 saturated carbocycles. The van der Waals surface area contributed by atoms with E-state index in [1.165, 1.54) is 24.5 Å². The van der Waals surface area contributed by atoms with E-state index in [4.69, 9.17) is 4.74 Å². The van der Waals surface area contributed by atoms with Crippen LogP contribution in [0.1, 0.15) is 26.6 Å². The highest BCUT2D eigenvalue weighted by atomic mass is 32.2. The van der Waals surface area contributed by atoms with E-state index in [1.807, 2.05) is 49.6 Å². The molecule has 0 aliphatic rings. The highest BCUT2D eigenvalue weighted by Gasteiger charge is 2.24. The van der Waals surface area contributed by atoms with Crippen molar-refractivity contribution in [3.63, 3.8) is 0 Å². The number of methoxy groups -OCH3 is 1. The van der Waals surface area contributed by atoms with Gasteiger partial charge in [-0.05, 0) is 85.3 Å². The smallest absolute Gasteiger partial charge is 0.356 e. The van der Waals surface area contributed by atoms with Crippen LogP contribution in [0, 0.1) is 31.0 Å². The number of carbonyl (C=O) groups excluding carboxylic acids is 1. The van der Waals surface area contributed by atoms with Gasteiger partial charge in [-0.15, -0.1) is 11.3 Å². The van der Waals surface area contributed by atoms with Crippen molar-refractivity contribution in [1.82, 2.24) is 8.96 Å². The van der Waals surface area contributed by atoms with E-state index in [2.05, 4.69) is 45.4 Å². The van der Waals surface area contributed by atoms with Gasteiger partial charge < -0.3 is 4.74 Å². The molecule has 0 fully saturated rings. The number of nitriles is 1. The van der Waals surface area contributed by atoms with Crippen LogP contribution in [0.3, 0.4) is 0 Å². The molecule has 6 aromatic rings. The number of rotatable bonds is 6. The zero-order valence-corrected chi connectivity index (χ0v) is 24.6. The first-order valence-corrected chi connectivity index (χ1v) is 14.8. The minimum absolute atomic E-state index is 0.246. The standard InChI is InChI=1S/C34H24FN3O2S2/c1-20-7-10-25(11-8-20)42-38-30-14-9-24(35)18-28(30)32(27-15-16-41-31(27)19-36)33(38)23-6-4-5-22(17-23)26-12-13-29(34(39)40-3)37-21(26)2/h4-18H,1-3H3. The van der Waals surface area contributed by atoms with Crippen LogP contribution < -0.4 is 0 Å². The molecule has 0 aliphatic carbocycles. The van der Waals surface area contributed by atoms with Gasteiger partial charge in [0.2, 0.25) is 0 Å². The van der Waals surface area contributed by atoms with Crippen LogP contribution in [-0.4, -0.2) is 22.0 Å². The first-order valence-electron chi connectivity index (χ1n) is 13.1. The van der Waals surface area contributed by atoms with Gasteiger partial charge in [-0.3, -0.25) is 3.97 Å². The van der Waals surface area contributed by atoms with Gasteiger partial charge >= 0.3 is 5.97 Å². The summed E-state index contributed by atoms with van der Waals surface area (Å²) in [6, 6.07) is 28.9. The van der Waals surface area contributed by atoms with Crippen molar-refractivity contribution in [2.45, 2.75) is 18.7 Å². The molecule has 8 heteroatoms. The summed E-state index contributed by atoms with van der Waals surface area (Å²) < 4.78 is 21.7. The highest BCUT2D eigenvalue weighted by Crippen LogP contribution is 2.47. The van der Waals surface area contributed by atoms with Gasteiger partial charge in [0.1, 0.15) is 22.5 Å². The lowest BCUT2D eigenvalue weighted by Gasteiger charge is -2.14. The molecule has 42 heavy (non-hydrogen) atoms. The quantitative estimate of drug-likeness (QED) is 0.181. The van der Waals surface area contributed by atoms with Gasteiger partial charge in [0.05, 0.1) is 18.3 Å². The minimum atomic E-state index is -0.489. The van der Waals surface area contributed by atoms with E-state index < -0.39 is 5.97 Å². The topological polar surface area (TPSA) is 67.9 Å². The number of hydrogen-bond acceptors (Lipinski definition) is 6. The van der Waals surface area contributed by atoms with E-state index in [0.29, 0.717) is 10.6 Å². The monoisotopic (exact) mass is 589 g/mol. The van der Waals surface area contributed by atoms with Gasteiger partial charge in [0.25, 0.3) is 0 Å². The maximum atomic E-state index is 14.8. The number of esters is 1. The van der Waals surface area contributed by atoms with E-state index in [1.54, 1.807) is 30.1 Å². The van der Waals surface area contributed by atoms with Crippen LogP contribution in [0.15, 0.2) is 95.2 Å². The number of ether oxygens (including phenoxy) is 1. The molecular weight excluding hydrogens is 566 g/mol. The van der Waals surface area contributed by atoms with Crippen LogP contribution in [-0.2, 0) is 4.74 Å². The summed E-state index contributed by atoms with van der Waals surface area (Å²) in [5.41, 5.74) is 8.04. The first kappa shape index (κ1) is 27.5. The summed E-state index contributed by atoms with van der Waals surface area (Å²) in [6.45, 7) is 3.91. The number of benzene rings is 3. The lowest BCUT2D eigenvalue weighted by Crippen LogP contribution is -2.05. The molecule has 0 N–H and O–H groups in total. The molecule has 3 aromatic carbocycles. The van der Waals surface area contributed by atoms with Gasteiger partial charge in [-0.2, -0.15) is 5.26 Å². The molecule has 0 atom stereocenters. The summed E-state index contributed by atoms with van der Waals surface area (Å²) in [4.78, 5) is 18.1. The Morgan fingerprint density at radius 1 is 0.976 bits per heavy atom. The fraction of sp³-hybridized carbons (Fsp3) is 0.0882. The average Bonchev–Trinajstić information content (AvgIpc) is 3.59. The summed E-state index contributed by atoms with van der Waals surface area (Å²) in [6.07, 6.45) is 0. The van der Waals surface area contributed by atoms with Gasteiger partial charge in [0, 0.05) is 38.2 Å². The number of thiophene rings is 1. The molecule has 3 aromatic heterocycles. The molecule has 0 spiro atoms. The third-order valence-corrected chi connectivity index (χ3v) is 8.93. The molecule has 0 aliphatic heterocycles. The number of aryl methyl sites for hydroxylation is 2. The number of pyridine rings is 1. The second kappa shape index (κ2) is 11.3. The third-order valence-electron chi connectivity index (χ3n) is 7.07. The zero-order chi connectivity index (χ0) is 29.4. The third kappa shape index (κ3) is 4.98. The Balaban J connectivity index is 1.62. The molecule has 0 bridgehead atoms. The van der Waals surface area contributed by atoms with Gasteiger partial charge in [0.15, 0.2) is 0 Å². The molecule has 0 radical (unpaired) electrons. The summed E-state index contributed by atoms with van der Waals surface area (Å²) >= 11 is 2.91. The fourth-order valence-corrected chi connectivity index (χ4v) is 6.78. The molecule has 206 valence electrons. The van der Waals surface area contributed by atoms with Crippen molar-refractivity contribution >= 4 is 40.2 Å². The first-order chi connectivity index (χ1) is 20.4. The number of aromatic nitrogens is 2. The number of nitrogens with zero attached hydrogens (tertiary/aromatic N) is 3. The molecule has 0 amide bonds. The van der Waals surface area contributed by atoms with Crippen molar-refractivity contribution in [1.29, 1.82) is 5.26 Å². The van der Waals surface area contributed by atoms with Crippen molar-refractivity contribution < 1.29 is 13.9 Å². The van der Waals surface area contributed by atoms with Crippen LogP contribution in [0.2, 0.25) is 0 Å². The maximum Gasteiger partial charge on any atom is 0.356 e. The normalized spacial score (nSPS) is 11.0. The Labute approximate surface area is 251 Å². The van der Waals surface area contributed by atoms with Gasteiger partial charge in [-0.25, -0.2) is 14.2 Å². The van der Waals surface area contributed by atoms with Crippen LogP contribution >= 0.6 is 23.3 Å². The fourth-order valence-electron chi connectivity index (χ4n) is 5.08. The number of carbonyl (C=O) groups is 1. The largest absolute Gasteiger partial charge is 0.464 e. The van der Waals surface area contributed by atoms with Crippen LogP contribution in [0.25, 0.3) is 44.4 Å². The average molecular weight is 590 g/mol. The van der Waals surface area contributed by atoms with Crippen molar-refractivity contribution in [2.24, 2.45) is 0 Å². The number of fused-ring (bicyclic) bond motifs is 1. The zero-order valence-electron chi connectivity index (χ0n) is 23.0. The van der Waals surface area contributed by atoms with E-state index in [0.717, 1.165) is 54.9 Å². The Bertz CT molecular complexity index is 2020. The molecule has 3 heterocycles. The molecule has 6 rings (SSSR count). The molecule has 5 nitrogen and oxygen atoms in total. The molecular formula is C34H24FN3O2S2. The minimum Gasteiger partial charge on any atom is -0.464 e. The lowest BCUT2D eigenvalue weighted by atomic mass is 9.96. The Kier molecular flexibility index (Phi) is 7.38. The molecule has 0 saturated heterocycles. The Morgan fingerprint density at radius 3 is 2.50 bits per heavy atom. The summed E-state index contributed by atoms with van der Waals surface area (Å²) in [5, 5.41) is 12.6. The maximum absolute atomic E-state index is 14.8. The van der Waals surface area contributed by atoms with E-state index >= 15 is 0 Å². The lowest BCUT2D eigenvalue weighted by molar-refractivity contribution is 0.0594. The van der Waals surface area contributed by atoms with E-state index in [9.17, 15) is 14.4 Å². The second-order valence-corrected chi connectivity index (χ2v) is 11.7. The highest BCUT2D eigenvalue weighted by molar-refractivity contribution is 7.98. The molecule has 0 unspecified atom stereocenters. The predicted molar refractivity (Wildman–Crippen MR) is 167 cm³/mol. The predicted octanol–water partition coefficient (Wildman–Crippen LogP) is 9.07. The van der Waals surface area contributed by atoms with Crippen molar-refractivity contribution in [2.75, 3.05) is 7.11 Å². The Morgan fingerprint density at radius 2 is 1.76 bits per heavy atom. The van der Waals surface area contributed by atoms with Gasteiger partial charge in [-0.1, -0.05) is 42.0 Å². The van der Waals surface area contributed by atoms with E-state index in [-0.39, 0.29) is 11.5 Å². The summed E-state index contributed by atoms with van der Waals surface area (Å²) in [7, 11) is 1.33.